The molecule has 2 fully saturated rings. The van der Waals surface area contributed by atoms with Gasteiger partial charge in [-0.05, 0) is 38.3 Å². The van der Waals surface area contributed by atoms with Gasteiger partial charge in [-0.2, -0.15) is 0 Å². The Labute approximate surface area is 103 Å². The second kappa shape index (κ2) is 5.36. The Morgan fingerprint density at radius 1 is 1.41 bits per heavy atom. The van der Waals surface area contributed by atoms with E-state index in [9.17, 15) is 4.79 Å². The first-order chi connectivity index (χ1) is 8.10. The summed E-state index contributed by atoms with van der Waals surface area (Å²) in [4.78, 5) is 12.3. The third kappa shape index (κ3) is 2.99. The summed E-state index contributed by atoms with van der Waals surface area (Å²) in [5, 5.41) is 6.51. The highest BCUT2D eigenvalue weighted by atomic mass is 16.5. The van der Waals surface area contributed by atoms with Gasteiger partial charge in [0.2, 0.25) is 5.91 Å². The van der Waals surface area contributed by atoms with Gasteiger partial charge in [-0.1, -0.05) is 13.8 Å². The molecule has 1 amide bonds. The standard InChI is InChI=1S/C13H24N2O2/c1-13(2,10-4-3-6-14-8-10)12(16)15-11-5-7-17-9-11/h10-11,14H,3-9H2,1-2H3,(H,15,16). The number of nitrogens with one attached hydrogen (secondary N) is 2. The van der Waals surface area contributed by atoms with Crippen LogP contribution < -0.4 is 10.6 Å². The second-order valence-corrected chi connectivity index (χ2v) is 5.80. The van der Waals surface area contributed by atoms with E-state index in [4.69, 9.17) is 4.74 Å². The summed E-state index contributed by atoms with van der Waals surface area (Å²) in [6, 6.07) is 0.221. The topological polar surface area (TPSA) is 50.4 Å². The van der Waals surface area contributed by atoms with Gasteiger partial charge < -0.3 is 15.4 Å². The van der Waals surface area contributed by atoms with Crippen LogP contribution in [0, 0.1) is 11.3 Å². The minimum Gasteiger partial charge on any atom is -0.379 e. The molecule has 2 N–H and O–H groups in total. The molecule has 2 aliphatic rings. The molecule has 2 heterocycles. The number of ether oxygens (including phenoxy) is 1. The maximum absolute atomic E-state index is 12.3. The number of amides is 1. The monoisotopic (exact) mass is 240 g/mol. The van der Waals surface area contributed by atoms with Gasteiger partial charge in [0.25, 0.3) is 0 Å². The van der Waals surface area contributed by atoms with E-state index in [1.807, 2.05) is 0 Å². The van der Waals surface area contributed by atoms with Crippen LogP contribution in [0.5, 0.6) is 0 Å². The number of hydrogen-bond acceptors (Lipinski definition) is 3. The SMILES string of the molecule is CC(C)(C(=O)NC1CCOC1)C1CCCNC1. The molecule has 0 bridgehead atoms. The maximum atomic E-state index is 12.3. The predicted molar refractivity (Wildman–Crippen MR) is 66.7 cm³/mol. The smallest absolute Gasteiger partial charge is 0.226 e. The van der Waals surface area contributed by atoms with E-state index in [1.54, 1.807) is 0 Å². The average Bonchev–Trinajstić information content (AvgIpc) is 2.83. The van der Waals surface area contributed by atoms with Crippen molar-refractivity contribution in [3.63, 3.8) is 0 Å². The van der Waals surface area contributed by atoms with Crippen LogP contribution in [0.3, 0.4) is 0 Å². The molecule has 2 aliphatic heterocycles. The highest BCUT2D eigenvalue weighted by Crippen LogP contribution is 2.32. The summed E-state index contributed by atoms with van der Waals surface area (Å²) >= 11 is 0. The van der Waals surface area contributed by atoms with Crippen LogP contribution in [0.25, 0.3) is 0 Å². The molecule has 0 aromatic rings. The fraction of sp³-hybridized carbons (Fsp3) is 0.923. The van der Waals surface area contributed by atoms with Crippen molar-refractivity contribution < 1.29 is 9.53 Å². The minimum atomic E-state index is -0.282. The van der Waals surface area contributed by atoms with Gasteiger partial charge >= 0.3 is 0 Å². The maximum Gasteiger partial charge on any atom is 0.226 e. The van der Waals surface area contributed by atoms with Crippen molar-refractivity contribution in [1.82, 2.24) is 10.6 Å². The van der Waals surface area contributed by atoms with Gasteiger partial charge in [0.05, 0.1) is 12.6 Å². The highest BCUT2D eigenvalue weighted by molar-refractivity contribution is 5.82. The van der Waals surface area contributed by atoms with E-state index < -0.39 is 0 Å². The first kappa shape index (κ1) is 12.8. The summed E-state index contributed by atoms with van der Waals surface area (Å²) in [6.45, 7) is 7.62. The van der Waals surface area contributed by atoms with Crippen molar-refractivity contribution in [3.05, 3.63) is 0 Å². The third-order valence-electron chi connectivity index (χ3n) is 4.17. The zero-order chi connectivity index (χ0) is 12.3. The first-order valence-corrected chi connectivity index (χ1v) is 6.70. The average molecular weight is 240 g/mol. The lowest BCUT2D eigenvalue weighted by Crippen LogP contribution is -2.50. The normalized spacial score (nSPS) is 30.2. The lowest BCUT2D eigenvalue weighted by atomic mass is 9.74. The molecular weight excluding hydrogens is 216 g/mol. The van der Waals surface area contributed by atoms with Crippen molar-refractivity contribution in [1.29, 1.82) is 0 Å². The molecule has 0 saturated carbocycles. The Morgan fingerprint density at radius 2 is 2.24 bits per heavy atom. The molecule has 0 aromatic carbocycles. The molecule has 0 aromatic heterocycles. The van der Waals surface area contributed by atoms with E-state index in [0.717, 1.165) is 32.5 Å². The van der Waals surface area contributed by atoms with Gasteiger partial charge in [-0.25, -0.2) is 0 Å². The van der Waals surface area contributed by atoms with Crippen LogP contribution in [0.1, 0.15) is 33.1 Å². The van der Waals surface area contributed by atoms with Gasteiger partial charge in [-0.15, -0.1) is 0 Å². The van der Waals surface area contributed by atoms with E-state index in [2.05, 4.69) is 24.5 Å². The molecule has 0 aliphatic carbocycles. The molecule has 2 atom stereocenters. The molecule has 2 saturated heterocycles. The number of piperidine rings is 1. The van der Waals surface area contributed by atoms with Crippen LogP contribution in [-0.2, 0) is 9.53 Å². The Balaban J connectivity index is 1.90. The van der Waals surface area contributed by atoms with E-state index in [0.29, 0.717) is 12.5 Å². The Morgan fingerprint density at radius 3 is 2.82 bits per heavy atom. The first-order valence-electron chi connectivity index (χ1n) is 6.70. The molecule has 17 heavy (non-hydrogen) atoms. The quantitative estimate of drug-likeness (QED) is 0.771. The summed E-state index contributed by atoms with van der Waals surface area (Å²) < 4.78 is 5.29. The molecule has 4 heteroatoms. The van der Waals surface area contributed by atoms with Gasteiger partial charge in [0.15, 0.2) is 0 Å². The lowest BCUT2D eigenvalue weighted by molar-refractivity contribution is -0.133. The lowest BCUT2D eigenvalue weighted by Gasteiger charge is -2.36. The summed E-state index contributed by atoms with van der Waals surface area (Å²) in [6.07, 6.45) is 3.27. The fourth-order valence-corrected chi connectivity index (χ4v) is 2.67. The van der Waals surface area contributed by atoms with Crippen LogP contribution in [-0.4, -0.2) is 38.3 Å². The van der Waals surface area contributed by atoms with Gasteiger partial charge in [-0.3, -0.25) is 4.79 Å². The van der Waals surface area contributed by atoms with Gasteiger partial charge in [0.1, 0.15) is 0 Å². The number of hydrogen-bond donors (Lipinski definition) is 2. The van der Waals surface area contributed by atoms with E-state index in [1.165, 1.54) is 6.42 Å². The van der Waals surface area contributed by atoms with E-state index in [-0.39, 0.29) is 17.4 Å². The fourth-order valence-electron chi connectivity index (χ4n) is 2.67. The van der Waals surface area contributed by atoms with Crippen LogP contribution >= 0.6 is 0 Å². The van der Waals surface area contributed by atoms with Crippen molar-refractivity contribution in [2.75, 3.05) is 26.3 Å². The zero-order valence-electron chi connectivity index (χ0n) is 10.9. The summed E-state index contributed by atoms with van der Waals surface area (Å²) in [5.74, 6) is 0.625. The molecular formula is C13H24N2O2. The largest absolute Gasteiger partial charge is 0.379 e. The summed E-state index contributed by atoms with van der Waals surface area (Å²) in [5.41, 5.74) is -0.282. The molecule has 2 rings (SSSR count). The molecule has 0 radical (unpaired) electrons. The second-order valence-electron chi connectivity index (χ2n) is 5.80. The van der Waals surface area contributed by atoms with Crippen molar-refractivity contribution in [2.24, 2.45) is 11.3 Å². The molecule has 0 spiro atoms. The summed E-state index contributed by atoms with van der Waals surface area (Å²) in [7, 11) is 0. The number of carbonyl (C=O) groups is 1. The van der Waals surface area contributed by atoms with E-state index >= 15 is 0 Å². The Hall–Kier alpha value is -0.610. The van der Waals surface area contributed by atoms with Crippen LogP contribution in [0.15, 0.2) is 0 Å². The molecule has 2 unspecified atom stereocenters. The molecule has 4 nitrogen and oxygen atoms in total. The molecule has 98 valence electrons. The van der Waals surface area contributed by atoms with Crippen LogP contribution in [0.4, 0.5) is 0 Å². The highest BCUT2D eigenvalue weighted by Gasteiger charge is 2.38. The number of rotatable bonds is 3. The zero-order valence-corrected chi connectivity index (χ0v) is 10.9. The van der Waals surface area contributed by atoms with Crippen LogP contribution in [0.2, 0.25) is 0 Å². The van der Waals surface area contributed by atoms with Crippen molar-refractivity contribution in [3.8, 4) is 0 Å². The third-order valence-corrected chi connectivity index (χ3v) is 4.17. The Bertz CT molecular complexity index is 267. The van der Waals surface area contributed by atoms with Gasteiger partial charge in [0, 0.05) is 12.0 Å². The predicted octanol–water partition coefficient (Wildman–Crippen LogP) is 0.917. The van der Waals surface area contributed by atoms with Crippen molar-refractivity contribution >= 4 is 5.91 Å². The minimum absolute atomic E-state index is 0.182. The Kier molecular flexibility index (Phi) is 4.05. The van der Waals surface area contributed by atoms with Crippen molar-refractivity contribution in [2.45, 2.75) is 39.2 Å². The number of carbonyl (C=O) groups excluding carboxylic acids is 1.